The van der Waals surface area contributed by atoms with Gasteiger partial charge in [0.15, 0.2) is 0 Å². The predicted octanol–water partition coefficient (Wildman–Crippen LogP) is 2.74. The van der Waals surface area contributed by atoms with Crippen molar-refractivity contribution in [2.75, 3.05) is 20.3 Å². The molecule has 0 aromatic carbocycles. The lowest BCUT2D eigenvalue weighted by Gasteiger charge is -2.19. The van der Waals surface area contributed by atoms with Crippen LogP contribution >= 0.6 is 15.9 Å². The second kappa shape index (κ2) is 7.84. The molecule has 0 aliphatic heterocycles. The average Bonchev–Trinajstić information content (AvgIpc) is 2.69. The highest BCUT2D eigenvalue weighted by Gasteiger charge is 2.18. The first-order valence-corrected chi connectivity index (χ1v) is 6.97. The van der Waals surface area contributed by atoms with E-state index < -0.39 is 0 Å². The van der Waals surface area contributed by atoms with E-state index in [1.807, 2.05) is 10.9 Å². The molecular formula is C12H22BrN3O. The summed E-state index contributed by atoms with van der Waals surface area (Å²) in [6.07, 6.45) is 3.99. The van der Waals surface area contributed by atoms with Gasteiger partial charge in [0.1, 0.15) is 0 Å². The molecule has 0 saturated carbocycles. The highest BCUT2D eigenvalue weighted by Crippen LogP contribution is 2.26. The molecule has 17 heavy (non-hydrogen) atoms. The Kier molecular flexibility index (Phi) is 6.77. The molecule has 0 spiro atoms. The van der Waals surface area contributed by atoms with Gasteiger partial charge >= 0.3 is 0 Å². The van der Waals surface area contributed by atoms with Crippen molar-refractivity contribution in [3.63, 3.8) is 0 Å². The Morgan fingerprint density at radius 3 is 2.88 bits per heavy atom. The Bertz CT molecular complexity index is 328. The fourth-order valence-corrected chi connectivity index (χ4v) is 2.56. The Labute approximate surface area is 112 Å². The van der Waals surface area contributed by atoms with Gasteiger partial charge in [-0.05, 0) is 42.2 Å². The van der Waals surface area contributed by atoms with Gasteiger partial charge in [-0.15, -0.1) is 0 Å². The molecule has 0 aliphatic carbocycles. The second-order valence-electron chi connectivity index (χ2n) is 3.94. The van der Waals surface area contributed by atoms with Gasteiger partial charge in [-0.25, -0.2) is 0 Å². The minimum atomic E-state index is 0.340. The lowest BCUT2D eigenvalue weighted by molar-refractivity contribution is 0.188. The van der Waals surface area contributed by atoms with Crippen molar-refractivity contribution in [2.45, 2.75) is 39.3 Å². The van der Waals surface area contributed by atoms with Crippen LogP contribution in [0, 0.1) is 0 Å². The number of hydrogen-bond donors (Lipinski definition) is 1. The SMILES string of the molecule is CCNC(CCCOC)c1c(Br)cnn1CC. The topological polar surface area (TPSA) is 39.1 Å². The zero-order chi connectivity index (χ0) is 12.7. The van der Waals surface area contributed by atoms with Crippen molar-refractivity contribution in [1.29, 1.82) is 0 Å². The number of aromatic nitrogens is 2. The van der Waals surface area contributed by atoms with Gasteiger partial charge in [0.05, 0.1) is 22.4 Å². The molecule has 0 amide bonds. The van der Waals surface area contributed by atoms with Gasteiger partial charge < -0.3 is 10.1 Å². The summed E-state index contributed by atoms with van der Waals surface area (Å²) in [5.41, 5.74) is 1.24. The van der Waals surface area contributed by atoms with Crippen molar-refractivity contribution in [3.8, 4) is 0 Å². The summed E-state index contributed by atoms with van der Waals surface area (Å²) >= 11 is 3.58. The Balaban J connectivity index is 2.76. The van der Waals surface area contributed by atoms with Gasteiger partial charge in [0, 0.05) is 20.3 Å². The molecule has 0 radical (unpaired) electrons. The van der Waals surface area contributed by atoms with Crippen molar-refractivity contribution in [3.05, 3.63) is 16.4 Å². The lowest BCUT2D eigenvalue weighted by Crippen LogP contribution is -2.24. The molecule has 1 unspecified atom stereocenters. The minimum Gasteiger partial charge on any atom is -0.385 e. The average molecular weight is 304 g/mol. The van der Waals surface area contributed by atoms with Crippen LogP contribution in [0.5, 0.6) is 0 Å². The van der Waals surface area contributed by atoms with Crippen LogP contribution in [0.15, 0.2) is 10.7 Å². The van der Waals surface area contributed by atoms with Gasteiger partial charge in [-0.3, -0.25) is 4.68 Å². The monoisotopic (exact) mass is 303 g/mol. The number of hydrogen-bond acceptors (Lipinski definition) is 3. The number of nitrogens with one attached hydrogen (secondary N) is 1. The Hall–Kier alpha value is -0.390. The third-order valence-electron chi connectivity index (χ3n) is 2.75. The maximum atomic E-state index is 5.11. The van der Waals surface area contributed by atoms with Crippen LogP contribution in [0.25, 0.3) is 0 Å². The van der Waals surface area contributed by atoms with Crippen molar-refractivity contribution < 1.29 is 4.74 Å². The highest BCUT2D eigenvalue weighted by molar-refractivity contribution is 9.10. The van der Waals surface area contributed by atoms with Crippen molar-refractivity contribution in [2.24, 2.45) is 0 Å². The molecular weight excluding hydrogens is 282 g/mol. The Morgan fingerprint density at radius 1 is 1.53 bits per heavy atom. The third-order valence-corrected chi connectivity index (χ3v) is 3.37. The smallest absolute Gasteiger partial charge is 0.0695 e. The number of aryl methyl sites for hydroxylation is 1. The van der Waals surface area contributed by atoms with E-state index in [2.05, 4.69) is 40.2 Å². The summed E-state index contributed by atoms with van der Waals surface area (Å²) in [7, 11) is 1.74. The first-order valence-electron chi connectivity index (χ1n) is 6.18. The number of methoxy groups -OCH3 is 1. The zero-order valence-electron chi connectivity index (χ0n) is 10.9. The fourth-order valence-electron chi connectivity index (χ4n) is 1.98. The minimum absolute atomic E-state index is 0.340. The number of nitrogens with zero attached hydrogens (tertiary/aromatic N) is 2. The Morgan fingerprint density at radius 2 is 2.29 bits per heavy atom. The molecule has 1 N–H and O–H groups in total. The molecule has 1 heterocycles. The molecule has 5 heteroatoms. The molecule has 4 nitrogen and oxygen atoms in total. The number of rotatable bonds is 8. The summed E-state index contributed by atoms with van der Waals surface area (Å²) < 4.78 is 8.24. The number of halogens is 1. The van der Waals surface area contributed by atoms with E-state index in [0.717, 1.165) is 37.0 Å². The molecule has 1 rings (SSSR count). The van der Waals surface area contributed by atoms with Crippen LogP contribution in [-0.2, 0) is 11.3 Å². The maximum Gasteiger partial charge on any atom is 0.0695 e. The number of ether oxygens (including phenoxy) is 1. The van der Waals surface area contributed by atoms with E-state index >= 15 is 0 Å². The van der Waals surface area contributed by atoms with E-state index in [4.69, 9.17) is 4.74 Å². The van der Waals surface area contributed by atoms with Crippen LogP contribution in [-0.4, -0.2) is 30.0 Å². The van der Waals surface area contributed by atoms with Crippen LogP contribution in [0.3, 0.4) is 0 Å². The summed E-state index contributed by atoms with van der Waals surface area (Å²) in [5.74, 6) is 0. The molecule has 1 atom stereocenters. The van der Waals surface area contributed by atoms with E-state index in [9.17, 15) is 0 Å². The molecule has 0 bridgehead atoms. The summed E-state index contributed by atoms with van der Waals surface area (Å²) in [6, 6.07) is 0.340. The maximum absolute atomic E-state index is 5.11. The molecule has 1 aromatic rings. The molecule has 1 aromatic heterocycles. The van der Waals surface area contributed by atoms with E-state index in [1.54, 1.807) is 7.11 Å². The van der Waals surface area contributed by atoms with Crippen LogP contribution in [0.4, 0.5) is 0 Å². The van der Waals surface area contributed by atoms with E-state index in [0.29, 0.717) is 6.04 Å². The van der Waals surface area contributed by atoms with Crippen LogP contribution in [0.2, 0.25) is 0 Å². The highest BCUT2D eigenvalue weighted by atomic mass is 79.9. The molecule has 98 valence electrons. The zero-order valence-corrected chi connectivity index (χ0v) is 12.5. The van der Waals surface area contributed by atoms with Gasteiger partial charge in [-0.1, -0.05) is 6.92 Å². The largest absolute Gasteiger partial charge is 0.385 e. The van der Waals surface area contributed by atoms with E-state index in [1.165, 1.54) is 5.69 Å². The van der Waals surface area contributed by atoms with Crippen LogP contribution in [0.1, 0.15) is 38.4 Å². The molecule has 0 saturated heterocycles. The first kappa shape index (κ1) is 14.7. The second-order valence-corrected chi connectivity index (χ2v) is 4.79. The van der Waals surface area contributed by atoms with Gasteiger partial charge in [-0.2, -0.15) is 5.10 Å². The quantitative estimate of drug-likeness (QED) is 0.751. The van der Waals surface area contributed by atoms with Gasteiger partial charge in [0.2, 0.25) is 0 Å². The molecule has 0 aliphatic rings. The van der Waals surface area contributed by atoms with E-state index in [-0.39, 0.29) is 0 Å². The van der Waals surface area contributed by atoms with Crippen molar-refractivity contribution in [1.82, 2.24) is 15.1 Å². The standard InChI is InChI=1S/C12H22BrN3O/c1-4-14-11(7-6-8-17-3)12-10(13)9-15-16(12)5-2/h9,11,14H,4-8H2,1-3H3. The normalized spacial score (nSPS) is 12.9. The predicted molar refractivity (Wildman–Crippen MR) is 73.1 cm³/mol. The first-order chi connectivity index (χ1) is 8.24. The lowest BCUT2D eigenvalue weighted by atomic mass is 10.1. The fraction of sp³-hybridized carbons (Fsp3) is 0.750. The summed E-state index contributed by atoms with van der Waals surface area (Å²) in [6.45, 7) is 6.90. The van der Waals surface area contributed by atoms with Gasteiger partial charge in [0.25, 0.3) is 0 Å². The van der Waals surface area contributed by atoms with Crippen LogP contribution < -0.4 is 5.32 Å². The third kappa shape index (κ3) is 4.08. The summed E-state index contributed by atoms with van der Waals surface area (Å²) in [5, 5.41) is 7.88. The molecule has 0 fully saturated rings. The summed E-state index contributed by atoms with van der Waals surface area (Å²) in [4.78, 5) is 0. The van der Waals surface area contributed by atoms with Crippen molar-refractivity contribution >= 4 is 15.9 Å².